The lowest BCUT2D eigenvalue weighted by atomic mass is 10.1. The summed E-state index contributed by atoms with van der Waals surface area (Å²) in [5.41, 5.74) is 3.89. The van der Waals surface area contributed by atoms with E-state index in [1.807, 2.05) is 6.07 Å². The lowest BCUT2D eigenvalue weighted by Gasteiger charge is -2.08. The van der Waals surface area contributed by atoms with Gasteiger partial charge in [0.05, 0.1) is 5.56 Å². The first kappa shape index (κ1) is 14.3. The number of aryl methyl sites for hydroxylation is 2. The molecule has 2 nitrogen and oxygen atoms in total. The van der Waals surface area contributed by atoms with Crippen molar-refractivity contribution in [3.05, 3.63) is 68.9 Å². The van der Waals surface area contributed by atoms with Gasteiger partial charge in [-0.05, 0) is 54.2 Å². The van der Waals surface area contributed by atoms with Gasteiger partial charge in [0.15, 0.2) is 0 Å². The molecule has 1 aliphatic rings. The quantitative estimate of drug-likeness (QED) is 0.892. The monoisotopic (exact) mass is 347 g/mol. The van der Waals surface area contributed by atoms with Gasteiger partial charge >= 0.3 is 0 Å². The Labute approximate surface area is 131 Å². The smallest absolute Gasteiger partial charge is 0.254 e. The second-order valence-corrected chi connectivity index (χ2v) is 6.18. The Balaban J connectivity index is 1.70. The summed E-state index contributed by atoms with van der Waals surface area (Å²) in [6.45, 7) is 0.415. The minimum absolute atomic E-state index is 0.0607. The molecular formula is C17H15BrFNO. The van der Waals surface area contributed by atoms with Crippen molar-refractivity contribution in [2.75, 3.05) is 0 Å². The molecule has 0 unspecified atom stereocenters. The van der Waals surface area contributed by atoms with Gasteiger partial charge in [-0.2, -0.15) is 0 Å². The Morgan fingerprint density at radius 3 is 2.81 bits per heavy atom. The third-order valence-corrected chi connectivity index (χ3v) is 4.28. The first-order chi connectivity index (χ1) is 10.1. The first-order valence-corrected chi connectivity index (χ1v) is 7.77. The van der Waals surface area contributed by atoms with Gasteiger partial charge in [0, 0.05) is 11.0 Å². The Kier molecular flexibility index (Phi) is 4.06. The van der Waals surface area contributed by atoms with Crippen LogP contribution in [0.15, 0.2) is 40.9 Å². The molecule has 0 heterocycles. The highest BCUT2D eigenvalue weighted by Gasteiger charge is 2.13. The minimum Gasteiger partial charge on any atom is -0.348 e. The summed E-state index contributed by atoms with van der Waals surface area (Å²) in [5, 5.41) is 2.77. The Morgan fingerprint density at radius 2 is 1.95 bits per heavy atom. The molecule has 0 fully saturated rings. The van der Waals surface area contributed by atoms with Crippen LogP contribution in [-0.4, -0.2) is 5.91 Å². The second-order valence-electron chi connectivity index (χ2n) is 5.26. The molecule has 2 aromatic rings. The van der Waals surface area contributed by atoms with E-state index in [1.165, 1.54) is 29.7 Å². The van der Waals surface area contributed by atoms with E-state index in [-0.39, 0.29) is 5.56 Å². The van der Waals surface area contributed by atoms with Crippen molar-refractivity contribution in [1.29, 1.82) is 0 Å². The number of carbonyl (C=O) groups is 1. The van der Waals surface area contributed by atoms with E-state index in [0.29, 0.717) is 11.0 Å². The average molecular weight is 348 g/mol. The number of halogens is 2. The van der Waals surface area contributed by atoms with Gasteiger partial charge in [-0.3, -0.25) is 4.79 Å². The van der Waals surface area contributed by atoms with Crippen LogP contribution in [0.4, 0.5) is 4.39 Å². The standard InChI is InChI=1S/C17H15BrFNO/c18-14-6-7-16(19)15(9-14)17(21)20-10-11-4-5-12-2-1-3-13(12)8-11/h4-9H,1-3,10H2,(H,20,21). The van der Waals surface area contributed by atoms with E-state index in [2.05, 4.69) is 33.4 Å². The number of benzene rings is 2. The van der Waals surface area contributed by atoms with E-state index >= 15 is 0 Å². The Bertz CT molecular complexity index is 699. The highest BCUT2D eigenvalue weighted by atomic mass is 79.9. The third kappa shape index (κ3) is 3.16. The lowest BCUT2D eigenvalue weighted by Crippen LogP contribution is -2.23. The third-order valence-electron chi connectivity index (χ3n) is 3.79. The Morgan fingerprint density at radius 1 is 1.14 bits per heavy atom. The molecule has 2 aromatic carbocycles. The molecule has 21 heavy (non-hydrogen) atoms. The van der Waals surface area contributed by atoms with Crippen molar-refractivity contribution in [3.8, 4) is 0 Å². The van der Waals surface area contributed by atoms with Crippen LogP contribution in [0.5, 0.6) is 0 Å². The summed E-state index contributed by atoms with van der Waals surface area (Å²) in [6.07, 6.45) is 3.46. The molecule has 0 aliphatic heterocycles. The number of carbonyl (C=O) groups excluding carboxylic acids is 1. The SMILES string of the molecule is O=C(NCc1ccc2c(c1)CCC2)c1cc(Br)ccc1F. The maximum atomic E-state index is 13.6. The molecule has 0 spiro atoms. The van der Waals surface area contributed by atoms with Crippen molar-refractivity contribution in [1.82, 2.24) is 5.32 Å². The molecule has 0 bridgehead atoms. The molecule has 3 rings (SSSR count). The highest BCUT2D eigenvalue weighted by molar-refractivity contribution is 9.10. The van der Waals surface area contributed by atoms with Gasteiger partial charge < -0.3 is 5.32 Å². The van der Waals surface area contributed by atoms with Crippen molar-refractivity contribution in [2.45, 2.75) is 25.8 Å². The van der Waals surface area contributed by atoms with Crippen LogP contribution in [0, 0.1) is 5.82 Å². The van der Waals surface area contributed by atoms with E-state index in [9.17, 15) is 9.18 Å². The van der Waals surface area contributed by atoms with Gasteiger partial charge in [-0.1, -0.05) is 34.1 Å². The maximum absolute atomic E-state index is 13.6. The summed E-state index contributed by atoms with van der Waals surface area (Å²) >= 11 is 3.25. The van der Waals surface area contributed by atoms with Crippen LogP contribution in [0.3, 0.4) is 0 Å². The van der Waals surface area contributed by atoms with Crippen LogP contribution in [0.25, 0.3) is 0 Å². The van der Waals surface area contributed by atoms with Gasteiger partial charge in [-0.15, -0.1) is 0 Å². The number of rotatable bonds is 3. The van der Waals surface area contributed by atoms with Crippen LogP contribution in [-0.2, 0) is 19.4 Å². The molecule has 108 valence electrons. The molecule has 1 amide bonds. The highest BCUT2D eigenvalue weighted by Crippen LogP contribution is 2.23. The van der Waals surface area contributed by atoms with Crippen LogP contribution in [0.2, 0.25) is 0 Å². The lowest BCUT2D eigenvalue weighted by molar-refractivity contribution is 0.0947. The average Bonchev–Trinajstić information content (AvgIpc) is 2.94. The summed E-state index contributed by atoms with van der Waals surface area (Å²) in [7, 11) is 0. The van der Waals surface area contributed by atoms with Gasteiger partial charge in [0.1, 0.15) is 5.82 Å². The topological polar surface area (TPSA) is 29.1 Å². The molecule has 0 atom stereocenters. The van der Waals surface area contributed by atoms with Crippen LogP contribution >= 0.6 is 15.9 Å². The second kappa shape index (κ2) is 5.98. The van der Waals surface area contributed by atoms with Crippen LogP contribution < -0.4 is 5.32 Å². The number of nitrogens with one attached hydrogen (secondary N) is 1. The van der Waals surface area contributed by atoms with Crippen molar-refractivity contribution in [2.24, 2.45) is 0 Å². The van der Waals surface area contributed by atoms with E-state index < -0.39 is 11.7 Å². The normalized spacial score (nSPS) is 13.0. The molecule has 1 N–H and O–H groups in total. The van der Waals surface area contributed by atoms with Crippen molar-refractivity contribution in [3.63, 3.8) is 0 Å². The number of amides is 1. The van der Waals surface area contributed by atoms with Crippen molar-refractivity contribution < 1.29 is 9.18 Å². The van der Waals surface area contributed by atoms with E-state index in [1.54, 1.807) is 6.07 Å². The molecule has 4 heteroatoms. The van der Waals surface area contributed by atoms with Gasteiger partial charge in [0.25, 0.3) is 5.91 Å². The van der Waals surface area contributed by atoms with Gasteiger partial charge in [-0.25, -0.2) is 4.39 Å². The molecule has 1 aliphatic carbocycles. The van der Waals surface area contributed by atoms with Crippen LogP contribution in [0.1, 0.15) is 33.5 Å². The fraction of sp³-hybridized carbons (Fsp3) is 0.235. The fourth-order valence-corrected chi connectivity index (χ4v) is 3.05. The zero-order valence-corrected chi connectivity index (χ0v) is 13.0. The maximum Gasteiger partial charge on any atom is 0.254 e. The zero-order valence-electron chi connectivity index (χ0n) is 11.5. The molecule has 0 radical (unpaired) electrons. The summed E-state index contributed by atoms with van der Waals surface area (Å²) in [6, 6.07) is 10.7. The van der Waals surface area contributed by atoms with E-state index in [4.69, 9.17) is 0 Å². The number of hydrogen-bond acceptors (Lipinski definition) is 1. The summed E-state index contributed by atoms with van der Waals surface area (Å²) in [5.74, 6) is -0.904. The molecular weight excluding hydrogens is 333 g/mol. The summed E-state index contributed by atoms with van der Waals surface area (Å²) in [4.78, 5) is 12.1. The Hall–Kier alpha value is -1.68. The number of fused-ring (bicyclic) bond motifs is 1. The predicted octanol–water partition coefficient (Wildman–Crippen LogP) is 4.01. The zero-order chi connectivity index (χ0) is 14.8. The molecule has 0 saturated heterocycles. The van der Waals surface area contributed by atoms with Crippen molar-refractivity contribution >= 4 is 21.8 Å². The van der Waals surface area contributed by atoms with Gasteiger partial charge in [0.2, 0.25) is 0 Å². The minimum atomic E-state index is -0.510. The molecule has 0 aromatic heterocycles. The first-order valence-electron chi connectivity index (χ1n) is 6.97. The fourth-order valence-electron chi connectivity index (χ4n) is 2.68. The largest absolute Gasteiger partial charge is 0.348 e. The molecule has 0 saturated carbocycles. The summed E-state index contributed by atoms with van der Waals surface area (Å²) < 4.78 is 14.3. The predicted molar refractivity (Wildman–Crippen MR) is 83.7 cm³/mol. The number of hydrogen-bond donors (Lipinski definition) is 1. The van der Waals surface area contributed by atoms with E-state index in [0.717, 1.165) is 18.4 Å².